The fourth-order valence-electron chi connectivity index (χ4n) is 3.41. The van der Waals surface area contributed by atoms with Gasteiger partial charge in [0.25, 0.3) is 5.91 Å². The van der Waals surface area contributed by atoms with E-state index in [2.05, 4.69) is 15.3 Å². The van der Waals surface area contributed by atoms with Crippen molar-refractivity contribution >= 4 is 16.8 Å². The third-order valence-electron chi connectivity index (χ3n) is 4.95. The number of carbonyl (C=O) groups is 1. The molecule has 1 amide bonds. The number of amides is 1. The number of methoxy groups -OCH3 is 1. The molecule has 0 aliphatic heterocycles. The van der Waals surface area contributed by atoms with E-state index in [1.165, 1.54) is 0 Å². The van der Waals surface area contributed by atoms with Crippen molar-refractivity contribution in [1.82, 2.24) is 19.9 Å². The van der Waals surface area contributed by atoms with Crippen LogP contribution >= 0.6 is 0 Å². The number of carbonyl (C=O) groups excluding carboxylic acids is 1. The largest absolute Gasteiger partial charge is 0.497 e. The van der Waals surface area contributed by atoms with Gasteiger partial charge in [-0.25, -0.2) is 4.98 Å². The summed E-state index contributed by atoms with van der Waals surface area (Å²) in [5.41, 5.74) is 3.49. The van der Waals surface area contributed by atoms with Crippen LogP contribution in [0.4, 0.5) is 0 Å². The van der Waals surface area contributed by atoms with E-state index in [1.54, 1.807) is 13.3 Å². The summed E-state index contributed by atoms with van der Waals surface area (Å²) < 4.78 is 7.25. The van der Waals surface area contributed by atoms with Crippen molar-refractivity contribution in [2.45, 2.75) is 13.0 Å². The Balaban J connectivity index is 1.71. The summed E-state index contributed by atoms with van der Waals surface area (Å²) in [5, 5.41) is 4.16. The average molecular weight is 374 g/mol. The highest BCUT2D eigenvalue weighted by Crippen LogP contribution is 2.25. The maximum absolute atomic E-state index is 13.1. The van der Waals surface area contributed by atoms with Crippen molar-refractivity contribution in [1.29, 1.82) is 0 Å². The van der Waals surface area contributed by atoms with Crippen LogP contribution in [0.25, 0.3) is 10.9 Å². The van der Waals surface area contributed by atoms with Gasteiger partial charge in [0.05, 0.1) is 7.11 Å². The first-order valence-electron chi connectivity index (χ1n) is 9.07. The zero-order chi connectivity index (χ0) is 19.7. The van der Waals surface area contributed by atoms with Gasteiger partial charge in [-0.3, -0.25) is 4.79 Å². The molecule has 4 aromatic rings. The van der Waals surface area contributed by atoms with Crippen LogP contribution in [0.15, 0.2) is 60.9 Å². The van der Waals surface area contributed by atoms with Crippen LogP contribution in [-0.2, 0) is 7.05 Å². The number of nitrogens with zero attached hydrogens (tertiary/aromatic N) is 2. The highest BCUT2D eigenvalue weighted by Gasteiger charge is 2.23. The van der Waals surface area contributed by atoms with Gasteiger partial charge in [0.2, 0.25) is 0 Å². The Bertz CT molecular complexity index is 1140. The summed E-state index contributed by atoms with van der Waals surface area (Å²) in [5.74, 6) is 1.28. The Kier molecular flexibility index (Phi) is 4.61. The Morgan fingerprint density at radius 2 is 2.04 bits per heavy atom. The number of nitrogens with one attached hydrogen (secondary N) is 2. The molecular weight excluding hydrogens is 352 g/mol. The van der Waals surface area contributed by atoms with E-state index in [-0.39, 0.29) is 5.91 Å². The molecule has 2 N–H and O–H groups in total. The Hall–Kier alpha value is -3.54. The molecular formula is C22H22N4O2. The summed E-state index contributed by atoms with van der Waals surface area (Å²) in [6, 6.07) is 15.1. The standard InChI is InChI=1S/C22H22N4O2/c1-14-6-4-9-18-17(14)13-19(24-18)22(27)25-20(21-23-10-11-26(21)2)15-7-5-8-16(12-15)28-3/h4-13,20,24H,1-3H3,(H,25,27). The summed E-state index contributed by atoms with van der Waals surface area (Å²) in [4.78, 5) is 20.7. The van der Waals surface area contributed by atoms with E-state index in [1.807, 2.05) is 73.3 Å². The molecule has 2 aromatic heterocycles. The lowest BCUT2D eigenvalue weighted by Crippen LogP contribution is -2.31. The smallest absolute Gasteiger partial charge is 0.268 e. The third kappa shape index (κ3) is 3.24. The summed E-state index contributed by atoms with van der Waals surface area (Å²) in [7, 11) is 3.54. The SMILES string of the molecule is COc1cccc(C(NC(=O)c2cc3c(C)cccc3[nH]2)c2nccn2C)c1. The topological polar surface area (TPSA) is 71.9 Å². The number of imidazole rings is 1. The number of rotatable bonds is 5. The minimum atomic E-state index is -0.407. The highest BCUT2D eigenvalue weighted by molar-refractivity contribution is 5.99. The van der Waals surface area contributed by atoms with Crippen LogP contribution in [0, 0.1) is 6.92 Å². The number of aromatic nitrogens is 3. The first kappa shape index (κ1) is 17.9. The van der Waals surface area contributed by atoms with Gasteiger partial charge in [0, 0.05) is 30.3 Å². The zero-order valence-electron chi connectivity index (χ0n) is 16.1. The lowest BCUT2D eigenvalue weighted by atomic mass is 10.1. The number of aryl methyl sites for hydroxylation is 2. The minimum Gasteiger partial charge on any atom is -0.497 e. The molecule has 28 heavy (non-hydrogen) atoms. The molecule has 0 fully saturated rings. The lowest BCUT2D eigenvalue weighted by molar-refractivity contribution is 0.0937. The van der Waals surface area contributed by atoms with E-state index in [4.69, 9.17) is 4.74 Å². The quantitative estimate of drug-likeness (QED) is 0.559. The number of H-pyrrole nitrogens is 1. The van der Waals surface area contributed by atoms with Crippen molar-refractivity contribution in [2.24, 2.45) is 7.05 Å². The Morgan fingerprint density at radius 1 is 1.21 bits per heavy atom. The second-order valence-corrected chi connectivity index (χ2v) is 6.80. The van der Waals surface area contributed by atoms with Gasteiger partial charge in [-0.05, 0) is 42.3 Å². The molecule has 2 aromatic carbocycles. The number of fused-ring (bicyclic) bond motifs is 1. The highest BCUT2D eigenvalue weighted by atomic mass is 16.5. The molecule has 2 heterocycles. The second-order valence-electron chi connectivity index (χ2n) is 6.80. The van der Waals surface area contributed by atoms with Crippen molar-refractivity contribution < 1.29 is 9.53 Å². The average Bonchev–Trinajstić information content (AvgIpc) is 3.33. The molecule has 0 saturated heterocycles. The van der Waals surface area contributed by atoms with Crippen LogP contribution in [0.5, 0.6) is 5.75 Å². The molecule has 4 rings (SSSR count). The maximum atomic E-state index is 13.1. The number of benzene rings is 2. The second kappa shape index (κ2) is 7.23. The summed E-state index contributed by atoms with van der Waals surface area (Å²) >= 11 is 0. The van der Waals surface area contributed by atoms with E-state index in [0.29, 0.717) is 5.69 Å². The number of ether oxygens (including phenoxy) is 1. The number of hydrogen-bond acceptors (Lipinski definition) is 3. The summed E-state index contributed by atoms with van der Waals surface area (Å²) in [6.07, 6.45) is 3.59. The summed E-state index contributed by atoms with van der Waals surface area (Å²) in [6.45, 7) is 2.03. The van der Waals surface area contributed by atoms with E-state index in [9.17, 15) is 4.79 Å². The third-order valence-corrected chi connectivity index (χ3v) is 4.95. The van der Waals surface area contributed by atoms with Gasteiger partial charge >= 0.3 is 0 Å². The maximum Gasteiger partial charge on any atom is 0.268 e. The Labute approximate surface area is 163 Å². The fraction of sp³-hybridized carbons (Fsp3) is 0.182. The van der Waals surface area contributed by atoms with Crippen molar-refractivity contribution in [2.75, 3.05) is 7.11 Å². The van der Waals surface area contributed by atoms with Gasteiger partial charge < -0.3 is 19.6 Å². The molecule has 1 unspecified atom stereocenters. The lowest BCUT2D eigenvalue weighted by Gasteiger charge is -2.19. The Morgan fingerprint density at radius 3 is 2.75 bits per heavy atom. The molecule has 142 valence electrons. The van der Waals surface area contributed by atoms with Crippen LogP contribution < -0.4 is 10.1 Å². The van der Waals surface area contributed by atoms with Crippen molar-refractivity contribution in [3.05, 3.63) is 83.6 Å². The van der Waals surface area contributed by atoms with Crippen molar-refractivity contribution in [3.8, 4) is 5.75 Å². The normalized spacial score (nSPS) is 12.1. The van der Waals surface area contributed by atoms with E-state index < -0.39 is 6.04 Å². The number of aromatic amines is 1. The first-order valence-corrected chi connectivity index (χ1v) is 9.07. The molecule has 0 aliphatic rings. The molecule has 0 aliphatic carbocycles. The van der Waals surface area contributed by atoms with Crippen molar-refractivity contribution in [3.63, 3.8) is 0 Å². The molecule has 0 spiro atoms. The fourth-order valence-corrected chi connectivity index (χ4v) is 3.41. The van der Waals surface area contributed by atoms with Gasteiger partial charge in [-0.15, -0.1) is 0 Å². The molecule has 6 heteroatoms. The first-order chi connectivity index (χ1) is 13.6. The van der Waals surface area contributed by atoms with Crippen LogP contribution in [0.3, 0.4) is 0 Å². The predicted octanol–water partition coefficient (Wildman–Crippen LogP) is 3.74. The monoisotopic (exact) mass is 374 g/mol. The van der Waals surface area contributed by atoms with Crippen LogP contribution in [0.1, 0.15) is 33.5 Å². The van der Waals surface area contributed by atoms with Crippen LogP contribution in [0.2, 0.25) is 0 Å². The van der Waals surface area contributed by atoms with Gasteiger partial charge in [-0.1, -0.05) is 24.3 Å². The molecule has 6 nitrogen and oxygen atoms in total. The van der Waals surface area contributed by atoms with E-state index >= 15 is 0 Å². The molecule has 0 bridgehead atoms. The predicted molar refractivity (Wildman–Crippen MR) is 109 cm³/mol. The van der Waals surface area contributed by atoms with Crippen LogP contribution in [-0.4, -0.2) is 27.6 Å². The minimum absolute atomic E-state index is 0.189. The van der Waals surface area contributed by atoms with Gasteiger partial charge in [-0.2, -0.15) is 0 Å². The van der Waals surface area contributed by atoms with Gasteiger partial charge in [0.15, 0.2) is 0 Å². The van der Waals surface area contributed by atoms with Gasteiger partial charge in [0.1, 0.15) is 23.3 Å². The van der Waals surface area contributed by atoms with E-state index in [0.717, 1.165) is 33.6 Å². The molecule has 0 saturated carbocycles. The molecule has 0 radical (unpaired) electrons. The number of hydrogen-bond donors (Lipinski definition) is 2. The molecule has 1 atom stereocenters. The zero-order valence-corrected chi connectivity index (χ0v) is 16.1.